The fourth-order valence-corrected chi connectivity index (χ4v) is 6.54. The zero-order valence-corrected chi connectivity index (χ0v) is 25.7. The minimum absolute atomic E-state index is 0.00742. The van der Waals surface area contributed by atoms with Crippen molar-refractivity contribution in [2.45, 2.75) is 50.5 Å². The molecule has 3 amide bonds. The average molecular weight is 639 g/mol. The van der Waals surface area contributed by atoms with E-state index in [4.69, 9.17) is 5.73 Å². The molecule has 5 aromatic rings. The number of alkyl halides is 3. The number of nitrogens with zero attached hydrogens (tertiary/aromatic N) is 3. The third-order valence-electron chi connectivity index (χ3n) is 8.90. The van der Waals surface area contributed by atoms with Gasteiger partial charge in [-0.1, -0.05) is 66.7 Å². The number of hydrogen-bond donors (Lipinski definition) is 1. The van der Waals surface area contributed by atoms with Gasteiger partial charge in [0.2, 0.25) is 11.8 Å². The number of pyridine rings is 1. The van der Waals surface area contributed by atoms with Crippen molar-refractivity contribution in [2.24, 2.45) is 5.73 Å². The highest BCUT2D eigenvalue weighted by molar-refractivity contribution is 5.94. The number of hydrogen-bond acceptors (Lipinski definition) is 4. The predicted molar refractivity (Wildman–Crippen MR) is 173 cm³/mol. The fraction of sp³-hybridized carbons (Fsp3) is 0.243. The van der Waals surface area contributed by atoms with Crippen molar-refractivity contribution in [3.8, 4) is 0 Å². The highest BCUT2D eigenvalue weighted by Crippen LogP contribution is 2.36. The Hall–Kier alpha value is -5.25. The Balaban J connectivity index is 1.41. The van der Waals surface area contributed by atoms with Crippen molar-refractivity contribution in [2.75, 3.05) is 6.54 Å². The normalized spacial score (nSPS) is 17.9. The summed E-state index contributed by atoms with van der Waals surface area (Å²) in [4.78, 5) is 48.9. The van der Waals surface area contributed by atoms with E-state index in [1.807, 2.05) is 54.6 Å². The van der Waals surface area contributed by atoms with Crippen molar-refractivity contribution in [3.63, 3.8) is 0 Å². The van der Waals surface area contributed by atoms with Gasteiger partial charge in [0.05, 0.1) is 17.5 Å². The van der Waals surface area contributed by atoms with Crippen LogP contribution in [0.15, 0.2) is 103 Å². The lowest BCUT2D eigenvalue weighted by Crippen LogP contribution is -2.52. The topological polar surface area (TPSA) is 96.6 Å². The lowest BCUT2D eigenvalue weighted by Gasteiger charge is -2.36. The van der Waals surface area contributed by atoms with Crippen LogP contribution >= 0.6 is 0 Å². The molecule has 2 N–H and O–H groups in total. The van der Waals surface area contributed by atoms with E-state index in [0.717, 1.165) is 39.4 Å². The number of benzene rings is 4. The molecule has 7 nitrogen and oxygen atoms in total. The van der Waals surface area contributed by atoms with E-state index in [-0.39, 0.29) is 31.4 Å². The summed E-state index contributed by atoms with van der Waals surface area (Å²) in [6.07, 6.45) is -2.71. The Bertz CT molecular complexity index is 1970. The van der Waals surface area contributed by atoms with E-state index in [2.05, 4.69) is 4.98 Å². The van der Waals surface area contributed by atoms with Gasteiger partial charge in [-0.05, 0) is 71.1 Å². The molecule has 1 saturated heterocycles. The smallest absolute Gasteiger partial charge is 0.368 e. The Kier molecular flexibility index (Phi) is 8.68. The largest absolute Gasteiger partial charge is 0.416 e. The second-order valence-corrected chi connectivity index (χ2v) is 12.0. The number of carbonyl (C=O) groups excluding carboxylic acids is 3. The van der Waals surface area contributed by atoms with Crippen molar-refractivity contribution in [1.29, 1.82) is 0 Å². The van der Waals surface area contributed by atoms with Crippen LogP contribution in [0, 0.1) is 0 Å². The van der Waals surface area contributed by atoms with E-state index in [9.17, 15) is 27.6 Å². The van der Waals surface area contributed by atoms with Crippen LogP contribution in [0.5, 0.6) is 0 Å². The summed E-state index contributed by atoms with van der Waals surface area (Å²) in [5.41, 5.74) is 7.23. The second kappa shape index (κ2) is 12.9. The highest BCUT2D eigenvalue weighted by Gasteiger charge is 2.44. The molecule has 0 spiro atoms. The second-order valence-electron chi connectivity index (χ2n) is 12.0. The number of nitrogens with two attached hydrogens (primary N) is 1. The summed E-state index contributed by atoms with van der Waals surface area (Å²) in [6, 6.07) is 23.8. The third kappa shape index (κ3) is 6.54. The molecule has 0 radical (unpaired) electrons. The predicted octanol–water partition coefficient (Wildman–Crippen LogP) is 6.24. The van der Waals surface area contributed by atoms with E-state index < -0.39 is 47.6 Å². The number of carbonyl (C=O) groups is 3. The first-order valence-electron chi connectivity index (χ1n) is 15.4. The molecule has 1 fully saturated rings. The number of amides is 3. The van der Waals surface area contributed by atoms with Gasteiger partial charge in [0, 0.05) is 30.6 Å². The van der Waals surface area contributed by atoms with E-state index in [1.165, 1.54) is 21.9 Å². The molecule has 1 aromatic heterocycles. The maximum Gasteiger partial charge on any atom is 0.416 e. The van der Waals surface area contributed by atoms with Crippen molar-refractivity contribution in [3.05, 3.63) is 126 Å². The number of aromatic nitrogens is 1. The molecule has 0 aliphatic carbocycles. The lowest BCUT2D eigenvalue weighted by molar-refractivity contribution is -0.148. The van der Waals surface area contributed by atoms with E-state index in [1.54, 1.807) is 31.3 Å². The quantitative estimate of drug-likeness (QED) is 0.228. The Morgan fingerprint density at radius 3 is 2.47 bits per heavy atom. The molecular weight excluding hydrogens is 605 g/mol. The Morgan fingerprint density at radius 1 is 0.936 bits per heavy atom. The average Bonchev–Trinajstić information content (AvgIpc) is 3.18. The minimum Gasteiger partial charge on any atom is -0.368 e. The van der Waals surface area contributed by atoms with Crippen molar-refractivity contribution < 1.29 is 27.6 Å². The van der Waals surface area contributed by atoms with Crippen molar-refractivity contribution in [1.82, 2.24) is 14.8 Å². The van der Waals surface area contributed by atoms with Gasteiger partial charge in [-0.25, -0.2) is 0 Å². The standard InChI is InChI=1S/C37H33F3N4O3/c1-23-16-18-43(32(35(41)46)22-26-9-4-8-25-7-2-3-13-30(25)26)36(47)34(28-10-5-12-29(21-28)37(38,39)40)44(23)33(45)20-24-14-15-31-27(19-24)11-6-17-42-31/h2-15,17,19,21,23,32,34H,16,18,20,22H2,1H3,(H2,41,46). The minimum atomic E-state index is -4.67. The van der Waals surface area contributed by atoms with Crippen LogP contribution in [0.25, 0.3) is 21.7 Å². The molecule has 2 heterocycles. The van der Waals surface area contributed by atoms with Gasteiger partial charge in [0.25, 0.3) is 5.91 Å². The zero-order chi connectivity index (χ0) is 33.3. The molecule has 1 aliphatic heterocycles. The molecule has 240 valence electrons. The van der Waals surface area contributed by atoms with E-state index in [0.29, 0.717) is 5.56 Å². The molecule has 4 aromatic carbocycles. The third-order valence-corrected chi connectivity index (χ3v) is 8.90. The maximum absolute atomic E-state index is 14.6. The van der Waals surface area contributed by atoms with Crippen LogP contribution in [-0.4, -0.2) is 51.1 Å². The molecule has 0 saturated carbocycles. The number of rotatable bonds is 7. The van der Waals surface area contributed by atoms with Crippen LogP contribution in [0.2, 0.25) is 0 Å². The van der Waals surface area contributed by atoms with Crippen LogP contribution in [0.4, 0.5) is 13.2 Å². The van der Waals surface area contributed by atoms with E-state index >= 15 is 0 Å². The monoisotopic (exact) mass is 638 g/mol. The first kappa shape index (κ1) is 31.7. The number of fused-ring (bicyclic) bond motifs is 2. The zero-order valence-electron chi connectivity index (χ0n) is 25.7. The molecule has 3 atom stereocenters. The van der Waals surface area contributed by atoms with Gasteiger partial charge in [-0.15, -0.1) is 0 Å². The molecule has 0 bridgehead atoms. The molecular formula is C37H33F3N4O3. The fourth-order valence-electron chi connectivity index (χ4n) is 6.54. The van der Waals surface area contributed by atoms with Gasteiger partial charge >= 0.3 is 6.18 Å². The van der Waals surface area contributed by atoms with Crippen molar-refractivity contribution >= 4 is 39.4 Å². The summed E-state index contributed by atoms with van der Waals surface area (Å²) >= 11 is 0. The summed E-state index contributed by atoms with van der Waals surface area (Å²) in [7, 11) is 0. The first-order valence-corrected chi connectivity index (χ1v) is 15.4. The molecule has 6 rings (SSSR count). The maximum atomic E-state index is 14.6. The summed E-state index contributed by atoms with van der Waals surface area (Å²) < 4.78 is 41.7. The summed E-state index contributed by atoms with van der Waals surface area (Å²) in [5, 5.41) is 2.68. The van der Waals surface area contributed by atoms with Crippen LogP contribution in [-0.2, 0) is 33.4 Å². The SMILES string of the molecule is CC1CCN(C(Cc2cccc3ccccc23)C(N)=O)C(=O)C(c2cccc(C(F)(F)F)c2)N1C(=O)Cc1ccc2ncccc2c1. The van der Waals surface area contributed by atoms with Gasteiger partial charge in [0.15, 0.2) is 0 Å². The number of halogens is 3. The Labute approximate surface area is 269 Å². The van der Waals surface area contributed by atoms with Crippen LogP contribution < -0.4 is 5.73 Å². The summed E-state index contributed by atoms with van der Waals surface area (Å²) in [5.74, 6) is -1.83. The number of primary amides is 1. The van der Waals surface area contributed by atoms with Gasteiger partial charge in [-0.2, -0.15) is 13.2 Å². The van der Waals surface area contributed by atoms with Gasteiger partial charge in [-0.3, -0.25) is 19.4 Å². The molecule has 10 heteroatoms. The van der Waals surface area contributed by atoms with Gasteiger partial charge in [0.1, 0.15) is 12.1 Å². The summed E-state index contributed by atoms with van der Waals surface area (Å²) in [6.45, 7) is 1.85. The lowest BCUT2D eigenvalue weighted by atomic mass is 9.96. The molecule has 3 unspecified atom stereocenters. The van der Waals surface area contributed by atoms with Crippen LogP contribution in [0.3, 0.4) is 0 Å². The Morgan fingerprint density at radius 2 is 1.68 bits per heavy atom. The highest BCUT2D eigenvalue weighted by atomic mass is 19.4. The molecule has 1 aliphatic rings. The van der Waals surface area contributed by atoms with Gasteiger partial charge < -0.3 is 15.5 Å². The van der Waals surface area contributed by atoms with Crippen LogP contribution in [0.1, 0.15) is 41.6 Å². The first-order chi connectivity index (χ1) is 22.5. The molecule has 47 heavy (non-hydrogen) atoms.